The monoisotopic (exact) mass is 303 g/mol. The lowest BCUT2D eigenvalue weighted by Crippen LogP contribution is -2.43. The van der Waals surface area contributed by atoms with Crippen LogP contribution in [0.2, 0.25) is 0 Å². The van der Waals surface area contributed by atoms with Gasteiger partial charge < -0.3 is 15.4 Å². The van der Waals surface area contributed by atoms with Gasteiger partial charge in [0, 0.05) is 12.2 Å². The molecule has 4 nitrogen and oxygen atoms in total. The van der Waals surface area contributed by atoms with E-state index in [2.05, 4.69) is 15.6 Å². The van der Waals surface area contributed by atoms with Crippen molar-refractivity contribution in [2.45, 2.75) is 51.0 Å². The molecular weight excluding hydrogens is 274 g/mol. The van der Waals surface area contributed by atoms with Crippen LogP contribution in [0.5, 0.6) is 5.75 Å². The number of nitrogens with zero attached hydrogens (tertiary/aromatic N) is 1. The standard InChI is InChI=1S/C18H29N3O/c1-3-17(15-20-10-1)22-14-2-11-21-16-4-6-18(7-5-16)8-12-19-13-9-18/h1,3,10,15-16,19,21H,2,4-9,11-14H2. The molecular formula is C18H29N3O. The quantitative estimate of drug-likeness (QED) is 0.793. The summed E-state index contributed by atoms with van der Waals surface area (Å²) in [6.07, 6.45) is 12.9. The lowest BCUT2D eigenvalue weighted by molar-refractivity contribution is 0.115. The summed E-state index contributed by atoms with van der Waals surface area (Å²) in [5, 5.41) is 7.21. The minimum Gasteiger partial charge on any atom is -0.492 e. The molecule has 22 heavy (non-hydrogen) atoms. The molecule has 0 amide bonds. The SMILES string of the molecule is c1cncc(OCCCNC2CCC3(CCNCC3)CC2)c1. The zero-order chi connectivity index (χ0) is 15.1. The minimum atomic E-state index is 0.673. The number of nitrogens with one attached hydrogen (secondary N) is 2. The van der Waals surface area contributed by atoms with Gasteiger partial charge in [0.25, 0.3) is 0 Å². The second-order valence-corrected chi connectivity index (χ2v) is 6.87. The molecule has 1 saturated heterocycles. The van der Waals surface area contributed by atoms with E-state index < -0.39 is 0 Å². The summed E-state index contributed by atoms with van der Waals surface area (Å²) in [6, 6.07) is 4.59. The van der Waals surface area contributed by atoms with Crippen molar-refractivity contribution in [3.63, 3.8) is 0 Å². The highest BCUT2D eigenvalue weighted by atomic mass is 16.5. The van der Waals surface area contributed by atoms with Gasteiger partial charge in [-0.15, -0.1) is 0 Å². The van der Waals surface area contributed by atoms with E-state index in [4.69, 9.17) is 4.74 Å². The number of piperidine rings is 1. The normalized spacial score (nSPS) is 21.8. The summed E-state index contributed by atoms with van der Waals surface area (Å²) in [4.78, 5) is 4.05. The van der Waals surface area contributed by atoms with Gasteiger partial charge in [-0.05, 0) is 82.1 Å². The lowest BCUT2D eigenvalue weighted by Gasteiger charge is -2.43. The van der Waals surface area contributed by atoms with Crippen molar-refractivity contribution in [2.24, 2.45) is 5.41 Å². The smallest absolute Gasteiger partial charge is 0.137 e. The highest BCUT2D eigenvalue weighted by Crippen LogP contribution is 2.43. The maximum absolute atomic E-state index is 5.68. The van der Waals surface area contributed by atoms with Gasteiger partial charge in [0.05, 0.1) is 12.8 Å². The molecule has 1 aliphatic carbocycles. The molecule has 1 spiro atoms. The fraction of sp³-hybridized carbons (Fsp3) is 0.722. The van der Waals surface area contributed by atoms with E-state index >= 15 is 0 Å². The summed E-state index contributed by atoms with van der Waals surface area (Å²) in [5.41, 5.74) is 0.673. The number of ether oxygens (including phenoxy) is 1. The van der Waals surface area contributed by atoms with Crippen molar-refractivity contribution < 1.29 is 4.74 Å². The molecule has 2 aliphatic rings. The second kappa shape index (κ2) is 7.93. The predicted molar refractivity (Wildman–Crippen MR) is 89.1 cm³/mol. The topological polar surface area (TPSA) is 46.2 Å². The van der Waals surface area contributed by atoms with Gasteiger partial charge in [-0.3, -0.25) is 4.98 Å². The van der Waals surface area contributed by atoms with Gasteiger partial charge in [-0.1, -0.05) is 0 Å². The van der Waals surface area contributed by atoms with Crippen LogP contribution < -0.4 is 15.4 Å². The Bertz CT molecular complexity index is 421. The first-order valence-electron chi connectivity index (χ1n) is 8.83. The number of pyridine rings is 1. The van der Waals surface area contributed by atoms with Crippen molar-refractivity contribution in [1.82, 2.24) is 15.6 Å². The Kier molecular flexibility index (Phi) is 5.68. The third-order valence-corrected chi connectivity index (χ3v) is 5.37. The van der Waals surface area contributed by atoms with E-state index in [0.29, 0.717) is 5.41 Å². The first-order chi connectivity index (χ1) is 10.9. The zero-order valence-electron chi connectivity index (χ0n) is 13.5. The summed E-state index contributed by atoms with van der Waals surface area (Å²) >= 11 is 0. The molecule has 2 heterocycles. The van der Waals surface area contributed by atoms with E-state index in [1.54, 1.807) is 12.4 Å². The number of hydrogen-bond acceptors (Lipinski definition) is 4. The predicted octanol–water partition coefficient (Wildman–Crippen LogP) is 2.75. The Morgan fingerprint density at radius 1 is 1.23 bits per heavy atom. The summed E-state index contributed by atoms with van der Waals surface area (Å²) in [5.74, 6) is 0.869. The molecule has 1 saturated carbocycles. The molecule has 3 rings (SSSR count). The Balaban J connectivity index is 1.27. The van der Waals surface area contributed by atoms with E-state index in [1.807, 2.05) is 12.1 Å². The third kappa shape index (κ3) is 4.43. The van der Waals surface area contributed by atoms with Crippen molar-refractivity contribution >= 4 is 0 Å². The van der Waals surface area contributed by atoms with Crippen molar-refractivity contribution in [2.75, 3.05) is 26.2 Å². The summed E-state index contributed by atoms with van der Waals surface area (Å²) in [6.45, 7) is 4.27. The molecule has 0 radical (unpaired) electrons. The lowest BCUT2D eigenvalue weighted by atomic mass is 9.67. The fourth-order valence-electron chi connectivity index (χ4n) is 3.89. The van der Waals surface area contributed by atoms with Crippen molar-refractivity contribution in [3.05, 3.63) is 24.5 Å². The van der Waals surface area contributed by atoms with Gasteiger partial charge in [0.15, 0.2) is 0 Å². The molecule has 1 aromatic heterocycles. The summed E-state index contributed by atoms with van der Waals surface area (Å²) < 4.78 is 5.68. The molecule has 4 heteroatoms. The van der Waals surface area contributed by atoms with Crippen LogP contribution in [0.3, 0.4) is 0 Å². The maximum Gasteiger partial charge on any atom is 0.137 e. The molecule has 0 bridgehead atoms. The molecule has 122 valence electrons. The average Bonchev–Trinajstić information content (AvgIpc) is 2.58. The first-order valence-corrected chi connectivity index (χ1v) is 8.83. The van der Waals surface area contributed by atoms with Gasteiger partial charge in [0.2, 0.25) is 0 Å². The van der Waals surface area contributed by atoms with Crippen LogP contribution in [0, 0.1) is 5.41 Å². The van der Waals surface area contributed by atoms with E-state index in [1.165, 1.54) is 51.6 Å². The first kappa shape index (κ1) is 15.8. The molecule has 0 atom stereocenters. The molecule has 1 aliphatic heterocycles. The van der Waals surface area contributed by atoms with Gasteiger partial charge in [0.1, 0.15) is 5.75 Å². The van der Waals surface area contributed by atoms with Crippen LogP contribution in [-0.2, 0) is 0 Å². The molecule has 1 aromatic rings. The Morgan fingerprint density at radius 2 is 2.05 bits per heavy atom. The second-order valence-electron chi connectivity index (χ2n) is 6.87. The van der Waals surface area contributed by atoms with Gasteiger partial charge in [-0.2, -0.15) is 0 Å². The van der Waals surface area contributed by atoms with E-state index in [9.17, 15) is 0 Å². The van der Waals surface area contributed by atoms with Gasteiger partial charge >= 0.3 is 0 Å². The molecule has 2 fully saturated rings. The Hall–Kier alpha value is -1.13. The summed E-state index contributed by atoms with van der Waals surface area (Å²) in [7, 11) is 0. The Labute approximate surface area is 134 Å². The van der Waals surface area contributed by atoms with E-state index in [0.717, 1.165) is 31.4 Å². The molecule has 2 N–H and O–H groups in total. The number of hydrogen-bond donors (Lipinski definition) is 2. The Morgan fingerprint density at radius 3 is 2.77 bits per heavy atom. The maximum atomic E-state index is 5.68. The van der Waals surface area contributed by atoms with Crippen molar-refractivity contribution in [1.29, 1.82) is 0 Å². The highest BCUT2D eigenvalue weighted by molar-refractivity contribution is 5.15. The van der Waals surface area contributed by atoms with Crippen LogP contribution in [0.25, 0.3) is 0 Å². The fourth-order valence-corrected chi connectivity index (χ4v) is 3.89. The van der Waals surface area contributed by atoms with Crippen LogP contribution in [-0.4, -0.2) is 37.3 Å². The van der Waals surface area contributed by atoms with Crippen molar-refractivity contribution in [3.8, 4) is 5.75 Å². The minimum absolute atomic E-state index is 0.673. The number of aromatic nitrogens is 1. The highest BCUT2D eigenvalue weighted by Gasteiger charge is 2.35. The third-order valence-electron chi connectivity index (χ3n) is 5.37. The van der Waals surface area contributed by atoms with Crippen LogP contribution in [0.15, 0.2) is 24.5 Å². The molecule has 0 unspecified atom stereocenters. The van der Waals surface area contributed by atoms with Gasteiger partial charge in [-0.25, -0.2) is 0 Å². The zero-order valence-corrected chi connectivity index (χ0v) is 13.5. The average molecular weight is 303 g/mol. The largest absolute Gasteiger partial charge is 0.492 e. The molecule has 0 aromatic carbocycles. The van der Waals surface area contributed by atoms with Crippen LogP contribution >= 0.6 is 0 Å². The van der Waals surface area contributed by atoms with E-state index in [-0.39, 0.29) is 0 Å². The van der Waals surface area contributed by atoms with Crippen LogP contribution in [0.1, 0.15) is 44.9 Å². The number of rotatable bonds is 6. The van der Waals surface area contributed by atoms with Crippen LogP contribution in [0.4, 0.5) is 0 Å².